The average molecular weight is 296 g/mol. The molecule has 0 aromatic rings. The van der Waals surface area contributed by atoms with Gasteiger partial charge >= 0.3 is 22.3 Å². The number of amides is 1. The number of esters is 1. The molecule has 0 saturated heterocycles. The second kappa shape index (κ2) is 8.70. The van der Waals surface area contributed by atoms with Crippen molar-refractivity contribution in [3.05, 3.63) is 0 Å². The summed E-state index contributed by atoms with van der Waals surface area (Å²) >= 11 is 0. The zero-order valence-electron chi connectivity index (χ0n) is 11.3. The summed E-state index contributed by atoms with van der Waals surface area (Å²) in [6.07, 6.45) is 0.477. The second-order valence-corrected chi connectivity index (χ2v) is 5.35. The number of rotatable bonds is 8. The summed E-state index contributed by atoms with van der Waals surface area (Å²) in [4.78, 5) is 22.4. The van der Waals surface area contributed by atoms with E-state index < -0.39 is 28.8 Å². The van der Waals surface area contributed by atoms with Gasteiger partial charge in [0.25, 0.3) is 0 Å². The third-order valence-electron chi connectivity index (χ3n) is 2.05. The summed E-state index contributed by atoms with van der Waals surface area (Å²) in [7, 11) is -3.06. The highest BCUT2D eigenvalue weighted by Crippen LogP contribution is 1.99. The molecule has 0 radical (unpaired) electrons. The fraction of sp³-hybridized carbons (Fsp3) is 0.800. The largest absolute Gasteiger partial charge is 0.465 e. The highest BCUT2D eigenvalue weighted by molar-refractivity contribution is 7.87. The lowest BCUT2D eigenvalue weighted by atomic mass is 10.4. The van der Waals surface area contributed by atoms with E-state index in [0.717, 1.165) is 13.5 Å². The van der Waals surface area contributed by atoms with E-state index in [1.807, 2.05) is 11.6 Å². The molecule has 112 valence electrons. The van der Waals surface area contributed by atoms with E-state index in [-0.39, 0.29) is 13.2 Å². The SMILES string of the molecule is CCCCOC(=O)N(C)S(=O)(=O)NCC(=O)OCC. The smallest absolute Gasteiger partial charge is 0.424 e. The normalized spacial score (nSPS) is 10.9. The predicted molar refractivity (Wildman–Crippen MR) is 67.6 cm³/mol. The van der Waals surface area contributed by atoms with E-state index in [1.54, 1.807) is 6.92 Å². The van der Waals surface area contributed by atoms with Gasteiger partial charge in [0.2, 0.25) is 0 Å². The van der Waals surface area contributed by atoms with Crippen LogP contribution in [0.1, 0.15) is 26.7 Å². The molecule has 0 unspecified atom stereocenters. The number of unbranched alkanes of at least 4 members (excludes halogenated alkanes) is 1. The summed E-state index contributed by atoms with van der Waals surface area (Å²) in [6.45, 7) is 3.27. The van der Waals surface area contributed by atoms with Crippen molar-refractivity contribution in [1.82, 2.24) is 9.03 Å². The molecule has 8 nitrogen and oxygen atoms in total. The van der Waals surface area contributed by atoms with Crippen LogP contribution in [0.5, 0.6) is 0 Å². The van der Waals surface area contributed by atoms with E-state index in [2.05, 4.69) is 4.74 Å². The Labute approximate surface area is 113 Å². The Morgan fingerprint density at radius 2 is 1.84 bits per heavy atom. The number of hydrogen-bond donors (Lipinski definition) is 1. The molecule has 0 bridgehead atoms. The molecule has 0 aliphatic carbocycles. The van der Waals surface area contributed by atoms with E-state index in [9.17, 15) is 18.0 Å². The maximum Gasteiger partial charge on any atom is 0.424 e. The number of carbonyl (C=O) groups excluding carboxylic acids is 2. The molecule has 19 heavy (non-hydrogen) atoms. The Hall–Kier alpha value is -1.35. The summed E-state index contributed by atoms with van der Waals surface area (Å²) in [5, 5.41) is 0. The fourth-order valence-electron chi connectivity index (χ4n) is 0.952. The van der Waals surface area contributed by atoms with Gasteiger partial charge in [0.15, 0.2) is 0 Å². The van der Waals surface area contributed by atoms with Crippen LogP contribution in [0.15, 0.2) is 0 Å². The number of hydrogen-bond acceptors (Lipinski definition) is 6. The van der Waals surface area contributed by atoms with Crippen molar-refractivity contribution in [3.8, 4) is 0 Å². The molecule has 0 saturated carbocycles. The molecule has 0 aromatic heterocycles. The molecular weight excluding hydrogens is 276 g/mol. The van der Waals surface area contributed by atoms with Crippen molar-refractivity contribution in [2.45, 2.75) is 26.7 Å². The van der Waals surface area contributed by atoms with Crippen LogP contribution in [0.2, 0.25) is 0 Å². The lowest BCUT2D eigenvalue weighted by Crippen LogP contribution is -2.44. The number of carbonyl (C=O) groups is 2. The molecule has 0 fully saturated rings. The van der Waals surface area contributed by atoms with Crippen LogP contribution in [-0.4, -0.2) is 51.6 Å². The molecule has 1 N–H and O–H groups in total. The fourth-order valence-corrected chi connectivity index (χ4v) is 1.69. The van der Waals surface area contributed by atoms with Gasteiger partial charge < -0.3 is 9.47 Å². The maximum atomic E-state index is 11.6. The monoisotopic (exact) mass is 296 g/mol. The minimum Gasteiger partial charge on any atom is -0.465 e. The van der Waals surface area contributed by atoms with E-state index in [1.165, 1.54) is 0 Å². The number of nitrogens with zero attached hydrogens (tertiary/aromatic N) is 1. The molecule has 0 heterocycles. The summed E-state index contributed by atoms with van der Waals surface area (Å²) in [5.41, 5.74) is 0. The Bertz CT molecular complexity index is 395. The third kappa shape index (κ3) is 6.97. The minimum absolute atomic E-state index is 0.146. The average Bonchev–Trinajstić information content (AvgIpc) is 2.36. The van der Waals surface area contributed by atoms with Gasteiger partial charge in [-0.15, -0.1) is 0 Å². The topological polar surface area (TPSA) is 102 Å². The molecule has 0 rings (SSSR count). The van der Waals surface area contributed by atoms with Gasteiger partial charge in [0.05, 0.1) is 13.2 Å². The van der Waals surface area contributed by atoms with Crippen molar-refractivity contribution >= 4 is 22.3 Å². The molecule has 9 heteroatoms. The first-order valence-corrected chi connectivity index (χ1v) is 7.35. The predicted octanol–water partition coefficient (Wildman–Crippen LogP) is 0.252. The van der Waals surface area contributed by atoms with E-state index >= 15 is 0 Å². The molecular formula is C10H20N2O6S. The zero-order valence-corrected chi connectivity index (χ0v) is 12.2. The van der Waals surface area contributed by atoms with Gasteiger partial charge in [0, 0.05) is 7.05 Å². The maximum absolute atomic E-state index is 11.6. The van der Waals surface area contributed by atoms with Gasteiger partial charge in [-0.1, -0.05) is 13.3 Å². The van der Waals surface area contributed by atoms with E-state index in [0.29, 0.717) is 10.7 Å². The highest BCUT2D eigenvalue weighted by Gasteiger charge is 2.25. The number of nitrogens with one attached hydrogen (secondary N) is 1. The Morgan fingerprint density at radius 1 is 1.21 bits per heavy atom. The van der Waals surface area contributed by atoms with Gasteiger partial charge in [0.1, 0.15) is 6.54 Å². The van der Waals surface area contributed by atoms with Crippen molar-refractivity contribution in [3.63, 3.8) is 0 Å². The summed E-state index contributed by atoms with van der Waals surface area (Å²) in [5.74, 6) is -0.723. The number of ether oxygens (including phenoxy) is 2. The van der Waals surface area contributed by atoms with Crippen molar-refractivity contribution < 1.29 is 27.5 Å². The molecule has 0 aliphatic rings. The van der Waals surface area contributed by atoms with Crippen molar-refractivity contribution in [2.75, 3.05) is 26.8 Å². The van der Waals surface area contributed by atoms with Crippen molar-refractivity contribution in [1.29, 1.82) is 0 Å². The Kier molecular flexibility index (Phi) is 8.08. The van der Waals surface area contributed by atoms with Crippen LogP contribution in [0.3, 0.4) is 0 Å². The van der Waals surface area contributed by atoms with Crippen LogP contribution in [0, 0.1) is 0 Å². The first-order chi connectivity index (χ1) is 8.85. The van der Waals surface area contributed by atoms with Crippen LogP contribution in [-0.2, 0) is 24.5 Å². The molecule has 0 atom stereocenters. The first kappa shape index (κ1) is 17.6. The van der Waals surface area contributed by atoms with Crippen LogP contribution >= 0.6 is 0 Å². The van der Waals surface area contributed by atoms with Gasteiger partial charge in [-0.05, 0) is 13.3 Å². The molecule has 0 spiro atoms. The third-order valence-corrected chi connectivity index (χ3v) is 3.42. The summed E-state index contributed by atoms with van der Waals surface area (Å²) < 4.78 is 34.9. The van der Waals surface area contributed by atoms with E-state index in [4.69, 9.17) is 4.74 Å². The Morgan fingerprint density at radius 3 is 2.37 bits per heavy atom. The molecule has 1 amide bonds. The lowest BCUT2D eigenvalue weighted by molar-refractivity contribution is -0.141. The quantitative estimate of drug-likeness (QED) is 0.509. The van der Waals surface area contributed by atoms with Gasteiger partial charge in [-0.2, -0.15) is 17.4 Å². The van der Waals surface area contributed by atoms with Crippen LogP contribution in [0.4, 0.5) is 4.79 Å². The van der Waals surface area contributed by atoms with Crippen molar-refractivity contribution in [2.24, 2.45) is 0 Å². The van der Waals surface area contributed by atoms with Crippen LogP contribution < -0.4 is 4.72 Å². The van der Waals surface area contributed by atoms with Gasteiger partial charge in [-0.3, -0.25) is 4.79 Å². The lowest BCUT2D eigenvalue weighted by Gasteiger charge is -2.17. The standard InChI is InChI=1S/C10H20N2O6S/c1-4-6-7-18-10(14)12(3)19(15,16)11-8-9(13)17-5-2/h11H,4-8H2,1-3H3. The van der Waals surface area contributed by atoms with Gasteiger partial charge in [-0.25, -0.2) is 4.79 Å². The zero-order chi connectivity index (χ0) is 14.9. The summed E-state index contributed by atoms with van der Waals surface area (Å²) in [6, 6.07) is 0. The second-order valence-electron chi connectivity index (χ2n) is 3.57. The Balaban J connectivity index is 4.30. The molecule has 0 aromatic carbocycles. The molecule has 0 aliphatic heterocycles. The highest BCUT2D eigenvalue weighted by atomic mass is 32.2. The minimum atomic E-state index is -4.10. The van der Waals surface area contributed by atoms with Crippen LogP contribution in [0.25, 0.3) is 0 Å². The first-order valence-electron chi connectivity index (χ1n) is 5.91.